The predicted molar refractivity (Wildman–Crippen MR) is 107 cm³/mol. The molecule has 0 radical (unpaired) electrons. The van der Waals surface area contributed by atoms with Crippen LogP contribution in [0.3, 0.4) is 0 Å². The number of nitro benzene ring substituents is 1. The van der Waals surface area contributed by atoms with E-state index in [9.17, 15) is 19.7 Å². The first-order chi connectivity index (χ1) is 14.4. The number of nitro groups is 1. The number of ether oxygens (including phenoxy) is 2. The molecular weight excluding hydrogens is 392 g/mol. The summed E-state index contributed by atoms with van der Waals surface area (Å²) in [6.45, 7) is 1.06. The van der Waals surface area contributed by atoms with E-state index in [-0.39, 0.29) is 17.1 Å². The van der Waals surface area contributed by atoms with Crippen molar-refractivity contribution in [2.75, 3.05) is 19.0 Å². The van der Waals surface area contributed by atoms with Crippen molar-refractivity contribution in [1.29, 1.82) is 0 Å². The lowest BCUT2D eigenvalue weighted by Gasteiger charge is -2.11. The molecule has 0 bridgehead atoms. The molecule has 2 N–H and O–H groups in total. The molecule has 10 heteroatoms. The van der Waals surface area contributed by atoms with Gasteiger partial charge in [-0.2, -0.15) is 5.10 Å². The van der Waals surface area contributed by atoms with Gasteiger partial charge in [0.1, 0.15) is 5.69 Å². The fourth-order valence-corrected chi connectivity index (χ4v) is 2.69. The summed E-state index contributed by atoms with van der Waals surface area (Å²) in [6.07, 6.45) is 0. The van der Waals surface area contributed by atoms with Crippen LogP contribution in [0, 0.1) is 17.0 Å². The monoisotopic (exact) mass is 410 g/mol. The molecule has 2 aromatic carbocycles. The maximum Gasteiger partial charge on any atom is 0.356 e. The Morgan fingerprint density at radius 1 is 1.20 bits per heavy atom. The molecule has 0 aliphatic heterocycles. The van der Waals surface area contributed by atoms with Gasteiger partial charge in [-0.15, -0.1) is 0 Å². The molecule has 1 heterocycles. The topological polar surface area (TPSA) is 136 Å². The first kappa shape index (κ1) is 20.5. The van der Waals surface area contributed by atoms with Crippen LogP contribution in [-0.4, -0.2) is 40.7 Å². The number of hydrogen-bond acceptors (Lipinski definition) is 7. The Balaban J connectivity index is 1.62. The normalized spacial score (nSPS) is 10.3. The fourth-order valence-electron chi connectivity index (χ4n) is 2.69. The number of carbonyl (C=O) groups excluding carboxylic acids is 2. The lowest BCUT2D eigenvalue weighted by atomic mass is 10.1. The number of H-pyrrole nitrogens is 1. The van der Waals surface area contributed by atoms with Gasteiger partial charge in [0, 0.05) is 23.4 Å². The van der Waals surface area contributed by atoms with E-state index in [2.05, 4.69) is 15.5 Å². The average molecular weight is 410 g/mol. The zero-order valence-corrected chi connectivity index (χ0v) is 16.2. The third kappa shape index (κ3) is 4.61. The highest BCUT2D eigenvalue weighted by atomic mass is 16.6. The number of anilines is 1. The number of nitrogens with zero attached hydrogens (tertiary/aromatic N) is 2. The summed E-state index contributed by atoms with van der Waals surface area (Å²) in [7, 11) is 1.29. The van der Waals surface area contributed by atoms with Crippen molar-refractivity contribution >= 4 is 23.3 Å². The van der Waals surface area contributed by atoms with Crippen LogP contribution in [0.1, 0.15) is 16.1 Å². The second-order valence-corrected chi connectivity index (χ2v) is 6.25. The Kier molecular flexibility index (Phi) is 6.06. The van der Waals surface area contributed by atoms with Gasteiger partial charge in [0.2, 0.25) is 0 Å². The Morgan fingerprint density at radius 3 is 2.60 bits per heavy atom. The predicted octanol–water partition coefficient (Wildman–Crippen LogP) is 3.10. The molecule has 30 heavy (non-hydrogen) atoms. The second kappa shape index (κ2) is 8.86. The molecule has 1 aromatic heterocycles. The summed E-state index contributed by atoms with van der Waals surface area (Å²) in [4.78, 5) is 34.8. The number of carbonyl (C=O) groups is 2. The number of esters is 1. The molecule has 0 atom stereocenters. The highest BCUT2D eigenvalue weighted by Gasteiger charge is 2.19. The van der Waals surface area contributed by atoms with Gasteiger partial charge in [0.15, 0.2) is 12.4 Å². The first-order valence-corrected chi connectivity index (χ1v) is 8.80. The van der Waals surface area contributed by atoms with E-state index in [0.29, 0.717) is 16.9 Å². The molecule has 0 aliphatic rings. The maximum atomic E-state index is 12.2. The van der Waals surface area contributed by atoms with E-state index in [0.717, 1.165) is 5.56 Å². The number of aryl methyl sites for hydroxylation is 1. The molecule has 3 rings (SSSR count). The third-order valence-corrected chi connectivity index (χ3v) is 4.20. The zero-order chi connectivity index (χ0) is 21.7. The van der Waals surface area contributed by atoms with Gasteiger partial charge >= 0.3 is 11.7 Å². The van der Waals surface area contributed by atoms with Gasteiger partial charge in [-0.05, 0) is 18.6 Å². The number of amides is 1. The van der Waals surface area contributed by atoms with Crippen molar-refractivity contribution in [2.24, 2.45) is 0 Å². The highest BCUT2D eigenvalue weighted by molar-refractivity contribution is 5.96. The van der Waals surface area contributed by atoms with Crippen LogP contribution in [0.25, 0.3) is 11.3 Å². The summed E-state index contributed by atoms with van der Waals surface area (Å²) >= 11 is 0. The van der Waals surface area contributed by atoms with Crippen LogP contribution in [-0.2, 0) is 9.53 Å². The average Bonchev–Trinajstić information content (AvgIpc) is 3.24. The summed E-state index contributed by atoms with van der Waals surface area (Å²) in [5.74, 6) is -1.34. The third-order valence-electron chi connectivity index (χ3n) is 4.20. The first-order valence-electron chi connectivity index (χ1n) is 8.80. The van der Waals surface area contributed by atoms with Crippen molar-refractivity contribution in [3.63, 3.8) is 0 Å². The van der Waals surface area contributed by atoms with Gasteiger partial charge in [0.05, 0.1) is 17.7 Å². The molecule has 10 nitrogen and oxygen atoms in total. The van der Waals surface area contributed by atoms with E-state index in [1.54, 1.807) is 6.92 Å². The van der Waals surface area contributed by atoms with Crippen LogP contribution in [0.15, 0.2) is 48.5 Å². The van der Waals surface area contributed by atoms with Crippen LogP contribution >= 0.6 is 0 Å². The molecule has 0 aliphatic carbocycles. The SMILES string of the molecule is COc1cc(NC(=O)COC(=O)c2cc(-c3ccccc3)n[nH]2)c(C)cc1[N+](=O)[O-]. The molecule has 0 saturated carbocycles. The van der Waals surface area contributed by atoms with Gasteiger partial charge in [-0.25, -0.2) is 4.79 Å². The standard InChI is InChI=1S/C20H18N4O6/c1-12-8-17(24(27)28)18(29-2)10-14(12)21-19(25)11-30-20(26)16-9-15(22-23-16)13-6-4-3-5-7-13/h3-10H,11H2,1-2H3,(H,21,25)(H,22,23). The van der Waals surface area contributed by atoms with E-state index >= 15 is 0 Å². The van der Waals surface area contributed by atoms with E-state index in [1.165, 1.54) is 25.3 Å². The molecule has 0 fully saturated rings. The Morgan fingerprint density at radius 2 is 1.93 bits per heavy atom. The van der Waals surface area contributed by atoms with E-state index < -0.39 is 23.4 Å². The molecule has 0 saturated heterocycles. The van der Waals surface area contributed by atoms with Gasteiger partial charge < -0.3 is 14.8 Å². The summed E-state index contributed by atoms with van der Waals surface area (Å²) < 4.78 is 10.00. The molecular formula is C20H18N4O6. The van der Waals surface area contributed by atoms with Gasteiger partial charge in [0.25, 0.3) is 5.91 Å². The van der Waals surface area contributed by atoms with Crippen molar-refractivity contribution in [3.8, 4) is 17.0 Å². The molecule has 1 amide bonds. The number of nitrogens with one attached hydrogen (secondary N) is 2. The van der Waals surface area contributed by atoms with E-state index in [4.69, 9.17) is 9.47 Å². The van der Waals surface area contributed by atoms with Crippen LogP contribution in [0.4, 0.5) is 11.4 Å². The summed E-state index contributed by atoms with van der Waals surface area (Å²) in [5, 5.41) is 20.2. The fraction of sp³-hybridized carbons (Fsp3) is 0.150. The molecule has 3 aromatic rings. The number of benzene rings is 2. The molecule has 0 spiro atoms. The van der Waals surface area contributed by atoms with Gasteiger partial charge in [-0.1, -0.05) is 30.3 Å². The number of methoxy groups -OCH3 is 1. The Labute approximate surface area is 171 Å². The lowest BCUT2D eigenvalue weighted by Crippen LogP contribution is -2.21. The number of hydrogen-bond donors (Lipinski definition) is 2. The van der Waals surface area contributed by atoms with Crippen LogP contribution in [0.2, 0.25) is 0 Å². The number of rotatable bonds is 7. The van der Waals surface area contributed by atoms with Crippen molar-refractivity contribution in [3.05, 3.63) is 69.9 Å². The van der Waals surface area contributed by atoms with Crippen LogP contribution in [0.5, 0.6) is 5.75 Å². The van der Waals surface area contributed by atoms with Gasteiger partial charge in [-0.3, -0.25) is 20.0 Å². The second-order valence-electron chi connectivity index (χ2n) is 6.25. The number of aromatic amines is 1. The minimum atomic E-state index is -0.738. The minimum Gasteiger partial charge on any atom is -0.490 e. The van der Waals surface area contributed by atoms with E-state index in [1.807, 2.05) is 30.3 Å². The van der Waals surface area contributed by atoms with Crippen LogP contribution < -0.4 is 10.1 Å². The Hall–Kier alpha value is -4.21. The Bertz CT molecular complexity index is 1090. The maximum absolute atomic E-state index is 12.2. The van der Waals surface area contributed by atoms with Crippen molar-refractivity contribution < 1.29 is 24.0 Å². The summed E-state index contributed by atoms with van der Waals surface area (Å²) in [6, 6.07) is 13.4. The quantitative estimate of drug-likeness (QED) is 0.347. The van der Waals surface area contributed by atoms with Crippen molar-refractivity contribution in [2.45, 2.75) is 6.92 Å². The van der Waals surface area contributed by atoms with Crippen molar-refractivity contribution in [1.82, 2.24) is 10.2 Å². The summed E-state index contributed by atoms with van der Waals surface area (Å²) in [5.41, 5.74) is 2.06. The zero-order valence-electron chi connectivity index (χ0n) is 16.2. The number of aromatic nitrogens is 2. The molecule has 0 unspecified atom stereocenters. The lowest BCUT2D eigenvalue weighted by molar-refractivity contribution is -0.385. The molecule has 154 valence electrons. The minimum absolute atomic E-state index is 0.00351. The smallest absolute Gasteiger partial charge is 0.356 e. The highest BCUT2D eigenvalue weighted by Crippen LogP contribution is 2.32. The largest absolute Gasteiger partial charge is 0.490 e.